The summed E-state index contributed by atoms with van der Waals surface area (Å²) in [5.41, 5.74) is 4.92. The lowest BCUT2D eigenvalue weighted by Crippen LogP contribution is -2.24. The quantitative estimate of drug-likeness (QED) is 0.784. The van der Waals surface area contributed by atoms with Crippen LogP contribution in [0.4, 0.5) is 24.5 Å². The normalized spacial score (nSPS) is 11.0. The Morgan fingerprint density at radius 2 is 1.75 bits per heavy atom. The average molecular weight is 337 g/mol. The second-order valence-corrected chi connectivity index (χ2v) is 4.89. The third-order valence-electron chi connectivity index (χ3n) is 3.11. The molecule has 0 aromatic heterocycles. The van der Waals surface area contributed by atoms with Crippen molar-refractivity contribution in [2.45, 2.75) is 6.18 Å². The predicted molar refractivity (Wildman–Crippen MR) is 83.5 cm³/mol. The Hall–Kier alpha value is -3.03. The number of primary amides is 1. The summed E-state index contributed by atoms with van der Waals surface area (Å²) in [6, 6.07) is 10.7. The summed E-state index contributed by atoms with van der Waals surface area (Å²) in [6.45, 7) is -0.269. The van der Waals surface area contributed by atoms with Gasteiger partial charge in [-0.15, -0.1) is 0 Å². The zero-order chi connectivity index (χ0) is 17.7. The molecule has 0 atom stereocenters. The van der Waals surface area contributed by atoms with Crippen molar-refractivity contribution in [1.29, 1.82) is 0 Å². The van der Waals surface area contributed by atoms with Gasteiger partial charge in [0.15, 0.2) is 0 Å². The monoisotopic (exact) mass is 337 g/mol. The SMILES string of the molecule is NC(=O)c1ccccc1NC(=O)CNc1cccc(C(F)(F)F)c1. The molecule has 126 valence electrons. The molecule has 0 saturated heterocycles. The zero-order valence-electron chi connectivity index (χ0n) is 12.4. The van der Waals surface area contributed by atoms with Gasteiger partial charge in [-0.1, -0.05) is 18.2 Å². The van der Waals surface area contributed by atoms with E-state index in [0.29, 0.717) is 0 Å². The summed E-state index contributed by atoms with van der Waals surface area (Å²) >= 11 is 0. The van der Waals surface area contributed by atoms with Crippen LogP contribution in [-0.2, 0) is 11.0 Å². The number of carbonyl (C=O) groups is 2. The Bertz CT molecular complexity index is 760. The van der Waals surface area contributed by atoms with Crippen LogP contribution in [0, 0.1) is 0 Å². The molecule has 24 heavy (non-hydrogen) atoms. The molecule has 0 fully saturated rings. The van der Waals surface area contributed by atoms with Crippen molar-refractivity contribution in [2.75, 3.05) is 17.2 Å². The van der Waals surface area contributed by atoms with E-state index < -0.39 is 23.6 Å². The lowest BCUT2D eigenvalue weighted by Gasteiger charge is -2.12. The fourth-order valence-electron chi connectivity index (χ4n) is 1.99. The van der Waals surface area contributed by atoms with E-state index in [0.717, 1.165) is 12.1 Å². The molecular weight excluding hydrogens is 323 g/mol. The summed E-state index contributed by atoms with van der Waals surface area (Å²) in [4.78, 5) is 23.2. The van der Waals surface area contributed by atoms with Crippen LogP contribution in [0.15, 0.2) is 48.5 Å². The van der Waals surface area contributed by atoms with Gasteiger partial charge < -0.3 is 16.4 Å². The van der Waals surface area contributed by atoms with Crippen LogP contribution in [0.1, 0.15) is 15.9 Å². The first-order chi connectivity index (χ1) is 11.3. The number of nitrogens with two attached hydrogens (primary N) is 1. The third-order valence-corrected chi connectivity index (χ3v) is 3.11. The van der Waals surface area contributed by atoms with Crippen LogP contribution >= 0.6 is 0 Å². The van der Waals surface area contributed by atoms with Crippen LogP contribution in [0.5, 0.6) is 0 Å². The smallest absolute Gasteiger partial charge is 0.376 e. The van der Waals surface area contributed by atoms with Gasteiger partial charge in [0.2, 0.25) is 5.91 Å². The second-order valence-electron chi connectivity index (χ2n) is 4.89. The highest BCUT2D eigenvalue weighted by Gasteiger charge is 2.30. The average Bonchev–Trinajstić information content (AvgIpc) is 2.53. The molecule has 2 rings (SSSR count). The molecule has 0 aliphatic carbocycles. The van der Waals surface area contributed by atoms with Crippen molar-refractivity contribution >= 4 is 23.2 Å². The summed E-state index contributed by atoms with van der Waals surface area (Å²) < 4.78 is 37.9. The van der Waals surface area contributed by atoms with E-state index in [-0.39, 0.29) is 23.5 Å². The number of anilines is 2. The molecule has 8 heteroatoms. The third kappa shape index (κ3) is 4.48. The van der Waals surface area contributed by atoms with Gasteiger partial charge in [0.05, 0.1) is 23.4 Å². The molecule has 0 aliphatic heterocycles. The number of hydrogen-bond donors (Lipinski definition) is 3. The van der Waals surface area contributed by atoms with Crippen molar-refractivity contribution < 1.29 is 22.8 Å². The van der Waals surface area contributed by atoms with Crippen LogP contribution in [-0.4, -0.2) is 18.4 Å². The van der Waals surface area contributed by atoms with Crippen LogP contribution in [0.25, 0.3) is 0 Å². The Labute approximate surface area is 135 Å². The number of amides is 2. The molecule has 0 bridgehead atoms. The fourth-order valence-corrected chi connectivity index (χ4v) is 1.99. The number of alkyl halides is 3. The highest BCUT2D eigenvalue weighted by atomic mass is 19.4. The lowest BCUT2D eigenvalue weighted by atomic mass is 10.1. The molecule has 5 nitrogen and oxygen atoms in total. The Morgan fingerprint density at radius 1 is 1.04 bits per heavy atom. The lowest BCUT2D eigenvalue weighted by molar-refractivity contribution is -0.137. The van der Waals surface area contributed by atoms with Gasteiger partial charge in [-0.25, -0.2) is 0 Å². The van der Waals surface area contributed by atoms with Gasteiger partial charge in [-0.05, 0) is 30.3 Å². The minimum Gasteiger partial charge on any atom is -0.376 e. The molecule has 0 saturated carbocycles. The van der Waals surface area contributed by atoms with E-state index in [1.54, 1.807) is 12.1 Å². The largest absolute Gasteiger partial charge is 0.416 e. The van der Waals surface area contributed by atoms with E-state index in [2.05, 4.69) is 10.6 Å². The molecule has 0 aliphatic rings. The number of carbonyl (C=O) groups excluding carboxylic acids is 2. The number of para-hydroxylation sites is 1. The first-order valence-corrected chi connectivity index (χ1v) is 6.87. The van der Waals surface area contributed by atoms with E-state index in [4.69, 9.17) is 5.73 Å². The van der Waals surface area contributed by atoms with Crippen molar-refractivity contribution in [3.8, 4) is 0 Å². The van der Waals surface area contributed by atoms with Gasteiger partial charge in [0.1, 0.15) is 0 Å². The molecule has 4 N–H and O–H groups in total. The number of nitrogens with one attached hydrogen (secondary N) is 2. The van der Waals surface area contributed by atoms with E-state index >= 15 is 0 Å². The summed E-state index contributed by atoms with van der Waals surface area (Å²) in [5.74, 6) is -1.22. The second kappa shape index (κ2) is 7.03. The van der Waals surface area contributed by atoms with Gasteiger partial charge in [-0.2, -0.15) is 13.2 Å². The van der Waals surface area contributed by atoms with Gasteiger partial charge >= 0.3 is 6.18 Å². The van der Waals surface area contributed by atoms with E-state index in [1.165, 1.54) is 24.3 Å². The van der Waals surface area contributed by atoms with Crippen molar-refractivity contribution in [3.05, 3.63) is 59.7 Å². The summed E-state index contributed by atoms with van der Waals surface area (Å²) in [6.07, 6.45) is -4.46. The maximum Gasteiger partial charge on any atom is 0.416 e. The highest BCUT2D eigenvalue weighted by molar-refractivity contribution is 6.03. The van der Waals surface area contributed by atoms with Gasteiger partial charge in [0.25, 0.3) is 5.91 Å². The van der Waals surface area contributed by atoms with Crippen LogP contribution in [0.3, 0.4) is 0 Å². The van der Waals surface area contributed by atoms with Crippen molar-refractivity contribution in [2.24, 2.45) is 5.73 Å². The van der Waals surface area contributed by atoms with Gasteiger partial charge in [-0.3, -0.25) is 9.59 Å². The van der Waals surface area contributed by atoms with Crippen molar-refractivity contribution in [3.63, 3.8) is 0 Å². The topological polar surface area (TPSA) is 84.2 Å². The molecule has 0 heterocycles. The first kappa shape index (κ1) is 17.3. The minimum absolute atomic E-state index is 0.143. The molecule has 2 amide bonds. The number of halogens is 3. The van der Waals surface area contributed by atoms with Crippen LogP contribution in [0.2, 0.25) is 0 Å². The maximum atomic E-state index is 12.6. The summed E-state index contributed by atoms with van der Waals surface area (Å²) in [7, 11) is 0. The minimum atomic E-state index is -4.46. The summed E-state index contributed by atoms with van der Waals surface area (Å²) in [5, 5.41) is 5.08. The molecule has 0 spiro atoms. The van der Waals surface area contributed by atoms with Crippen LogP contribution < -0.4 is 16.4 Å². The molecule has 0 unspecified atom stereocenters. The molecule has 2 aromatic carbocycles. The standard InChI is InChI=1S/C16H14F3N3O2/c17-16(18,19)10-4-3-5-11(8-10)21-9-14(23)22-13-7-2-1-6-12(13)15(20)24/h1-8,21H,9H2,(H2,20,24)(H,22,23). The number of benzene rings is 2. The van der Waals surface area contributed by atoms with Crippen molar-refractivity contribution in [1.82, 2.24) is 0 Å². The highest BCUT2D eigenvalue weighted by Crippen LogP contribution is 2.30. The first-order valence-electron chi connectivity index (χ1n) is 6.87. The molecule has 0 radical (unpaired) electrons. The molecular formula is C16H14F3N3O2. The van der Waals surface area contributed by atoms with Gasteiger partial charge in [0, 0.05) is 5.69 Å². The maximum absolute atomic E-state index is 12.6. The number of rotatable bonds is 5. The van der Waals surface area contributed by atoms with E-state index in [9.17, 15) is 22.8 Å². The van der Waals surface area contributed by atoms with E-state index in [1.807, 2.05) is 0 Å². The zero-order valence-corrected chi connectivity index (χ0v) is 12.4. The predicted octanol–water partition coefficient (Wildman–Crippen LogP) is 2.85. The Kier molecular flexibility index (Phi) is 5.08. The Morgan fingerprint density at radius 3 is 2.42 bits per heavy atom. The molecule has 2 aromatic rings. The fraction of sp³-hybridized carbons (Fsp3) is 0.125. The Balaban J connectivity index is 2.01. The number of hydrogen-bond acceptors (Lipinski definition) is 3.